The van der Waals surface area contributed by atoms with Crippen LogP contribution in [0.4, 0.5) is 0 Å². The van der Waals surface area contributed by atoms with Crippen LogP contribution in [0.15, 0.2) is 29.2 Å². The number of hydrogen-bond donors (Lipinski definition) is 1. The molecule has 0 bridgehead atoms. The Morgan fingerprint density at radius 3 is 3.17 bits per heavy atom. The Balaban J connectivity index is 1.78. The topological polar surface area (TPSA) is 21.3 Å². The first kappa shape index (κ1) is 13.9. The first-order chi connectivity index (χ1) is 8.88. The van der Waals surface area contributed by atoms with Gasteiger partial charge in [-0.15, -0.1) is 11.8 Å². The largest absolute Gasteiger partial charge is 0.381 e. The number of ether oxygens (including phenoxy) is 1. The first-order valence-corrected chi connectivity index (χ1v) is 7.87. The van der Waals surface area contributed by atoms with Crippen LogP contribution < -0.4 is 5.32 Å². The molecule has 1 aromatic rings. The summed E-state index contributed by atoms with van der Waals surface area (Å²) < 4.78 is 5.41. The van der Waals surface area contributed by atoms with E-state index in [0.29, 0.717) is 0 Å². The Morgan fingerprint density at radius 1 is 1.44 bits per heavy atom. The van der Waals surface area contributed by atoms with E-state index in [-0.39, 0.29) is 0 Å². The van der Waals surface area contributed by atoms with E-state index in [0.717, 1.165) is 32.2 Å². The molecule has 0 spiro atoms. The molecule has 0 radical (unpaired) electrons. The lowest BCUT2D eigenvalue weighted by Gasteiger charge is -2.09. The van der Waals surface area contributed by atoms with Crippen LogP contribution in [0.5, 0.6) is 0 Å². The standard InChI is InChI=1S/C15H23NOS/c1-2-7-16-10-13-4-3-5-15(9-13)18-12-14-6-8-17-11-14/h3-5,9,14,16H,2,6-8,10-12H2,1H3. The summed E-state index contributed by atoms with van der Waals surface area (Å²) in [5.41, 5.74) is 1.39. The van der Waals surface area contributed by atoms with Crippen molar-refractivity contribution in [2.45, 2.75) is 31.2 Å². The zero-order chi connectivity index (χ0) is 12.6. The molecular weight excluding hydrogens is 242 g/mol. The zero-order valence-electron chi connectivity index (χ0n) is 11.2. The third-order valence-corrected chi connectivity index (χ3v) is 4.39. The smallest absolute Gasteiger partial charge is 0.0503 e. The minimum atomic E-state index is 0.747. The highest BCUT2D eigenvalue weighted by molar-refractivity contribution is 7.99. The number of nitrogens with one attached hydrogen (secondary N) is 1. The normalized spacial score (nSPS) is 19.3. The summed E-state index contributed by atoms with van der Waals surface area (Å²) in [6.45, 7) is 6.17. The molecule has 0 saturated carbocycles. The highest BCUT2D eigenvalue weighted by Crippen LogP contribution is 2.25. The molecule has 2 nitrogen and oxygen atoms in total. The maximum absolute atomic E-state index is 5.41. The van der Waals surface area contributed by atoms with Crippen LogP contribution in [-0.4, -0.2) is 25.5 Å². The van der Waals surface area contributed by atoms with E-state index in [1.165, 1.54) is 29.1 Å². The van der Waals surface area contributed by atoms with Crippen LogP contribution in [0.3, 0.4) is 0 Å². The molecule has 0 aliphatic carbocycles. The lowest BCUT2D eigenvalue weighted by atomic mass is 10.2. The Labute approximate surface area is 114 Å². The van der Waals surface area contributed by atoms with Gasteiger partial charge in [0.1, 0.15) is 0 Å². The van der Waals surface area contributed by atoms with Gasteiger partial charge >= 0.3 is 0 Å². The summed E-state index contributed by atoms with van der Waals surface area (Å²) in [6, 6.07) is 8.88. The van der Waals surface area contributed by atoms with Crippen LogP contribution in [0, 0.1) is 5.92 Å². The fraction of sp³-hybridized carbons (Fsp3) is 0.600. The number of thioether (sulfide) groups is 1. The second-order valence-corrected chi connectivity index (χ2v) is 5.96. The van der Waals surface area contributed by atoms with Crippen LogP contribution in [0.1, 0.15) is 25.3 Å². The zero-order valence-corrected chi connectivity index (χ0v) is 12.0. The minimum Gasteiger partial charge on any atom is -0.381 e. The molecule has 2 rings (SSSR count). The number of rotatable bonds is 7. The summed E-state index contributed by atoms with van der Waals surface area (Å²) in [6.07, 6.45) is 2.42. The van der Waals surface area contributed by atoms with Gasteiger partial charge in [-0.25, -0.2) is 0 Å². The summed E-state index contributed by atoms with van der Waals surface area (Å²) in [5.74, 6) is 1.93. The van der Waals surface area contributed by atoms with E-state index in [4.69, 9.17) is 4.74 Å². The molecule has 1 heterocycles. The van der Waals surface area contributed by atoms with Gasteiger partial charge in [-0.05, 0) is 43.0 Å². The van der Waals surface area contributed by atoms with Gasteiger partial charge in [0.15, 0.2) is 0 Å². The number of benzene rings is 1. The summed E-state index contributed by atoms with van der Waals surface area (Å²) in [5, 5.41) is 3.45. The average molecular weight is 265 g/mol. The Hall–Kier alpha value is -0.510. The average Bonchev–Trinajstić information content (AvgIpc) is 2.90. The molecule has 1 fully saturated rings. The van der Waals surface area contributed by atoms with Crippen molar-refractivity contribution >= 4 is 11.8 Å². The van der Waals surface area contributed by atoms with Crippen molar-refractivity contribution in [3.8, 4) is 0 Å². The van der Waals surface area contributed by atoms with Crippen LogP contribution >= 0.6 is 11.8 Å². The van der Waals surface area contributed by atoms with E-state index >= 15 is 0 Å². The van der Waals surface area contributed by atoms with Gasteiger partial charge < -0.3 is 10.1 Å². The molecule has 1 N–H and O–H groups in total. The van der Waals surface area contributed by atoms with Gasteiger partial charge in [-0.3, -0.25) is 0 Å². The van der Waals surface area contributed by atoms with Crippen molar-refractivity contribution in [1.29, 1.82) is 0 Å². The molecule has 1 saturated heterocycles. The van der Waals surface area contributed by atoms with Crippen molar-refractivity contribution in [1.82, 2.24) is 5.32 Å². The lowest BCUT2D eigenvalue weighted by molar-refractivity contribution is 0.189. The minimum absolute atomic E-state index is 0.747. The van der Waals surface area contributed by atoms with E-state index < -0.39 is 0 Å². The molecule has 0 aromatic heterocycles. The third kappa shape index (κ3) is 4.63. The van der Waals surface area contributed by atoms with Crippen molar-refractivity contribution < 1.29 is 4.74 Å². The predicted octanol–water partition coefficient (Wildman–Crippen LogP) is 3.31. The second-order valence-electron chi connectivity index (χ2n) is 4.86. The molecule has 1 unspecified atom stereocenters. The predicted molar refractivity (Wildman–Crippen MR) is 78.1 cm³/mol. The van der Waals surface area contributed by atoms with Gasteiger partial charge in [-0.1, -0.05) is 19.1 Å². The van der Waals surface area contributed by atoms with Crippen LogP contribution in [-0.2, 0) is 11.3 Å². The lowest BCUT2D eigenvalue weighted by Crippen LogP contribution is -2.13. The molecule has 18 heavy (non-hydrogen) atoms. The molecule has 100 valence electrons. The van der Waals surface area contributed by atoms with Gasteiger partial charge in [0.25, 0.3) is 0 Å². The monoisotopic (exact) mass is 265 g/mol. The molecule has 1 aliphatic heterocycles. The van der Waals surface area contributed by atoms with Crippen molar-refractivity contribution in [2.24, 2.45) is 5.92 Å². The van der Waals surface area contributed by atoms with Gasteiger partial charge in [0, 0.05) is 23.8 Å². The molecule has 1 aliphatic rings. The second kappa shape index (κ2) is 7.82. The molecule has 0 amide bonds. The summed E-state index contributed by atoms with van der Waals surface area (Å²) in [4.78, 5) is 1.39. The Bertz CT molecular complexity index is 350. The molecular formula is C15H23NOS. The van der Waals surface area contributed by atoms with Crippen LogP contribution in [0.2, 0.25) is 0 Å². The molecule has 1 atom stereocenters. The van der Waals surface area contributed by atoms with E-state index in [9.17, 15) is 0 Å². The highest BCUT2D eigenvalue weighted by atomic mass is 32.2. The van der Waals surface area contributed by atoms with Crippen molar-refractivity contribution in [3.63, 3.8) is 0 Å². The van der Waals surface area contributed by atoms with Crippen molar-refractivity contribution in [3.05, 3.63) is 29.8 Å². The van der Waals surface area contributed by atoms with E-state index in [1.807, 2.05) is 11.8 Å². The van der Waals surface area contributed by atoms with Crippen molar-refractivity contribution in [2.75, 3.05) is 25.5 Å². The fourth-order valence-electron chi connectivity index (χ4n) is 2.08. The van der Waals surface area contributed by atoms with Crippen LogP contribution in [0.25, 0.3) is 0 Å². The highest BCUT2D eigenvalue weighted by Gasteiger charge is 2.15. The maximum atomic E-state index is 5.41. The number of hydrogen-bond acceptors (Lipinski definition) is 3. The summed E-state index contributed by atoms with van der Waals surface area (Å²) >= 11 is 1.96. The Morgan fingerprint density at radius 2 is 2.39 bits per heavy atom. The third-order valence-electron chi connectivity index (χ3n) is 3.16. The first-order valence-electron chi connectivity index (χ1n) is 6.88. The maximum Gasteiger partial charge on any atom is 0.0503 e. The quantitative estimate of drug-likeness (QED) is 0.603. The summed E-state index contributed by atoms with van der Waals surface area (Å²) in [7, 11) is 0. The molecule has 1 aromatic carbocycles. The van der Waals surface area contributed by atoms with Gasteiger partial charge in [-0.2, -0.15) is 0 Å². The SMILES string of the molecule is CCCNCc1cccc(SCC2CCOC2)c1. The van der Waals surface area contributed by atoms with Gasteiger partial charge in [0.2, 0.25) is 0 Å². The van der Waals surface area contributed by atoms with E-state index in [1.54, 1.807) is 0 Å². The fourth-order valence-corrected chi connectivity index (χ4v) is 3.18. The molecule has 3 heteroatoms. The Kier molecular flexibility index (Phi) is 6.05. The van der Waals surface area contributed by atoms with Gasteiger partial charge in [0.05, 0.1) is 6.61 Å². The van der Waals surface area contributed by atoms with E-state index in [2.05, 4.69) is 36.5 Å².